The molecule has 1 fully saturated rings. The van der Waals surface area contributed by atoms with Crippen LogP contribution in [0, 0.1) is 0 Å². The number of benzene rings is 1. The second-order valence-corrected chi connectivity index (χ2v) is 5.45. The molecule has 1 saturated carbocycles. The predicted octanol–water partition coefficient (Wildman–Crippen LogP) is 2.66. The van der Waals surface area contributed by atoms with Crippen LogP contribution >= 0.6 is 15.9 Å². The van der Waals surface area contributed by atoms with Crippen LogP contribution in [0.5, 0.6) is 0 Å². The van der Waals surface area contributed by atoms with Crippen molar-refractivity contribution >= 4 is 27.0 Å². The summed E-state index contributed by atoms with van der Waals surface area (Å²) in [5, 5.41) is 0. The van der Waals surface area contributed by atoms with Gasteiger partial charge in [0, 0.05) is 4.47 Å². The maximum absolute atomic E-state index is 11.1. The van der Waals surface area contributed by atoms with Gasteiger partial charge in [0.2, 0.25) is 0 Å². The molecular formula is C9H9BrO2S. The van der Waals surface area contributed by atoms with Crippen LogP contribution in [0.15, 0.2) is 28.7 Å². The molecule has 0 aliphatic heterocycles. The Hall–Kier alpha value is -0.190. The minimum Gasteiger partial charge on any atom is -0.305 e. The third-order valence-corrected chi connectivity index (χ3v) is 4.25. The lowest BCUT2D eigenvalue weighted by molar-refractivity contribution is 0.547. The van der Waals surface area contributed by atoms with Crippen LogP contribution < -0.4 is 0 Å². The fraction of sp³-hybridized carbons (Fsp3) is 0.333. The van der Waals surface area contributed by atoms with Crippen molar-refractivity contribution in [2.24, 2.45) is 0 Å². The third kappa shape index (κ3) is 1.58. The van der Waals surface area contributed by atoms with Crippen molar-refractivity contribution < 1.29 is 8.76 Å². The summed E-state index contributed by atoms with van der Waals surface area (Å²) in [5.41, 5.74) is 0.969. The first-order valence-electron chi connectivity index (χ1n) is 4.02. The Bertz CT molecular complexity index is 343. The van der Waals surface area contributed by atoms with E-state index < -0.39 is 15.8 Å². The van der Waals surface area contributed by atoms with Gasteiger partial charge < -0.3 is 4.55 Å². The highest BCUT2D eigenvalue weighted by Gasteiger charge is 2.50. The fourth-order valence-corrected chi connectivity index (χ4v) is 2.48. The van der Waals surface area contributed by atoms with E-state index in [4.69, 9.17) is 4.55 Å². The van der Waals surface area contributed by atoms with E-state index in [9.17, 15) is 4.21 Å². The molecule has 1 aliphatic carbocycles. The first-order valence-corrected chi connectivity index (χ1v) is 5.92. The summed E-state index contributed by atoms with van der Waals surface area (Å²) in [6.45, 7) is 0. The van der Waals surface area contributed by atoms with Crippen LogP contribution in [0.4, 0.5) is 0 Å². The summed E-state index contributed by atoms with van der Waals surface area (Å²) < 4.78 is 20.7. The molecule has 13 heavy (non-hydrogen) atoms. The zero-order valence-electron chi connectivity index (χ0n) is 6.87. The normalized spacial score (nSPS) is 21.1. The van der Waals surface area contributed by atoms with Gasteiger partial charge in [-0.25, -0.2) is 4.21 Å². The van der Waals surface area contributed by atoms with Gasteiger partial charge in [-0.15, -0.1) is 0 Å². The van der Waals surface area contributed by atoms with Gasteiger partial charge in [-0.1, -0.05) is 28.1 Å². The van der Waals surface area contributed by atoms with Crippen molar-refractivity contribution in [2.45, 2.75) is 17.6 Å². The predicted molar refractivity (Wildman–Crippen MR) is 55.8 cm³/mol. The Balaban J connectivity index is 2.36. The second-order valence-electron chi connectivity index (χ2n) is 3.25. The van der Waals surface area contributed by atoms with E-state index in [2.05, 4.69) is 15.9 Å². The molecule has 0 amide bonds. The molecule has 2 nitrogen and oxygen atoms in total. The summed E-state index contributed by atoms with van der Waals surface area (Å²) in [5.74, 6) is 0. The zero-order valence-corrected chi connectivity index (χ0v) is 9.27. The molecule has 0 spiro atoms. The summed E-state index contributed by atoms with van der Waals surface area (Å²) in [6.07, 6.45) is 1.63. The standard InChI is InChI=1S/C9H9BrO2S/c10-8-3-1-7(2-4-8)9(5-6-9)13(11)12/h1-4H,5-6H2,(H,11,12). The minimum absolute atomic E-state index is 0.458. The van der Waals surface area contributed by atoms with E-state index in [1.807, 2.05) is 24.3 Å². The van der Waals surface area contributed by atoms with Crippen molar-refractivity contribution in [1.29, 1.82) is 0 Å². The quantitative estimate of drug-likeness (QED) is 0.831. The molecule has 1 unspecified atom stereocenters. The summed E-state index contributed by atoms with van der Waals surface area (Å²) in [6, 6.07) is 7.63. The van der Waals surface area contributed by atoms with E-state index in [1.54, 1.807) is 0 Å². The Kier molecular flexibility index (Phi) is 2.30. The fourth-order valence-electron chi connectivity index (χ4n) is 1.43. The van der Waals surface area contributed by atoms with Gasteiger partial charge in [-0.3, -0.25) is 0 Å². The van der Waals surface area contributed by atoms with Crippen LogP contribution in [0.25, 0.3) is 0 Å². The number of halogens is 1. The minimum atomic E-state index is -1.74. The highest BCUT2D eigenvalue weighted by Crippen LogP contribution is 2.50. The molecule has 2 rings (SSSR count). The summed E-state index contributed by atoms with van der Waals surface area (Å²) in [4.78, 5) is 0. The van der Waals surface area contributed by atoms with Gasteiger partial charge in [0.25, 0.3) is 0 Å². The van der Waals surface area contributed by atoms with Crippen molar-refractivity contribution in [1.82, 2.24) is 0 Å². The number of hydrogen-bond acceptors (Lipinski definition) is 1. The molecule has 4 heteroatoms. The molecule has 1 atom stereocenters. The van der Waals surface area contributed by atoms with E-state index in [-0.39, 0.29) is 0 Å². The molecule has 0 radical (unpaired) electrons. The van der Waals surface area contributed by atoms with E-state index in [0.29, 0.717) is 0 Å². The Morgan fingerprint density at radius 1 is 1.31 bits per heavy atom. The highest BCUT2D eigenvalue weighted by atomic mass is 79.9. The van der Waals surface area contributed by atoms with Crippen molar-refractivity contribution in [3.63, 3.8) is 0 Å². The van der Waals surface area contributed by atoms with Crippen LogP contribution in [0.2, 0.25) is 0 Å². The van der Waals surface area contributed by atoms with Gasteiger partial charge in [-0.05, 0) is 30.5 Å². The monoisotopic (exact) mass is 260 g/mol. The topological polar surface area (TPSA) is 37.3 Å². The van der Waals surface area contributed by atoms with Gasteiger partial charge in [-0.2, -0.15) is 0 Å². The molecular weight excluding hydrogens is 252 g/mol. The average molecular weight is 261 g/mol. The van der Waals surface area contributed by atoms with Crippen molar-refractivity contribution in [2.75, 3.05) is 0 Å². The van der Waals surface area contributed by atoms with E-state index in [1.165, 1.54) is 0 Å². The third-order valence-electron chi connectivity index (χ3n) is 2.41. The van der Waals surface area contributed by atoms with Gasteiger partial charge in [0.05, 0.1) is 4.75 Å². The average Bonchev–Trinajstić information content (AvgIpc) is 2.86. The molecule has 1 aliphatic rings. The molecule has 0 saturated heterocycles. The van der Waals surface area contributed by atoms with E-state index in [0.717, 1.165) is 22.9 Å². The van der Waals surface area contributed by atoms with Crippen LogP contribution in [-0.4, -0.2) is 8.76 Å². The Morgan fingerprint density at radius 2 is 1.85 bits per heavy atom. The van der Waals surface area contributed by atoms with Crippen molar-refractivity contribution in [3.05, 3.63) is 34.3 Å². The Morgan fingerprint density at radius 3 is 2.23 bits per heavy atom. The summed E-state index contributed by atoms with van der Waals surface area (Å²) >= 11 is 1.59. The molecule has 0 bridgehead atoms. The molecule has 0 aromatic heterocycles. The Labute approximate surface area is 87.8 Å². The molecule has 0 heterocycles. The highest BCUT2D eigenvalue weighted by molar-refractivity contribution is 9.10. The smallest absolute Gasteiger partial charge is 0.163 e. The van der Waals surface area contributed by atoms with Gasteiger partial charge in [0.15, 0.2) is 11.1 Å². The SMILES string of the molecule is O=S(O)C1(c2ccc(Br)cc2)CC1. The lowest BCUT2D eigenvalue weighted by Crippen LogP contribution is -2.12. The van der Waals surface area contributed by atoms with Crippen LogP contribution in [0.3, 0.4) is 0 Å². The zero-order chi connectivity index (χ0) is 9.47. The molecule has 1 aromatic rings. The first-order chi connectivity index (χ1) is 6.15. The van der Waals surface area contributed by atoms with Gasteiger partial charge >= 0.3 is 0 Å². The van der Waals surface area contributed by atoms with Gasteiger partial charge in [0.1, 0.15) is 0 Å². The number of rotatable bonds is 2. The second kappa shape index (κ2) is 3.19. The molecule has 1 N–H and O–H groups in total. The maximum Gasteiger partial charge on any atom is 0.163 e. The van der Waals surface area contributed by atoms with Crippen LogP contribution in [-0.2, 0) is 15.8 Å². The van der Waals surface area contributed by atoms with Crippen LogP contribution in [0.1, 0.15) is 18.4 Å². The molecule has 70 valence electrons. The largest absolute Gasteiger partial charge is 0.305 e. The number of hydrogen-bond donors (Lipinski definition) is 1. The maximum atomic E-state index is 11.1. The summed E-state index contributed by atoms with van der Waals surface area (Å²) in [7, 11) is 0. The molecule has 1 aromatic carbocycles. The first kappa shape index (κ1) is 9.37. The van der Waals surface area contributed by atoms with Crippen molar-refractivity contribution in [3.8, 4) is 0 Å². The lowest BCUT2D eigenvalue weighted by atomic mass is 10.1. The lowest BCUT2D eigenvalue weighted by Gasteiger charge is -2.10. The van der Waals surface area contributed by atoms with E-state index >= 15 is 0 Å².